The van der Waals surface area contributed by atoms with Crippen LogP contribution in [0.5, 0.6) is 0 Å². The van der Waals surface area contributed by atoms with Crippen LogP contribution in [0.4, 0.5) is 0 Å². The average molecular weight is 268 g/mol. The predicted molar refractivity (Wildman–Crippen MR) is 90.3 cm³/mol. The first-order valence-electron chi connectivity index (χ1n) is 7.61. The van der Waals surface area contributed by atoms with Gasteiger partial charge in [-0.05, 0) is 34.9 Å². The van der Waals surface area contributed by atoms with E-state index < -0.39 is 0 Å². The Hall–Kier alpha value is -1.56. The van der Waals surface area contributed by atoms with Gasteiger partial charge in [0.05, 0.1) is 0 Å². The van der Waals surface area contributed by atoms with E-state index in [1.54, 1.807) is 0 Å². The summed E-state index contributed by atoms with van der Waals surface area (Å²) in [6.45, 7) is 11.0. The fourth-order valence-corrected chi connectivity index (χ4v) is 1.85. The third-order valence-corrected chi connectivity index (χ3v) is 2.90. The molecule has 0 heteroatoms. The standard InChI is InChI=1S/C16H18.C4H10/c1-13(2)16-10-8-15(9-11-16)12-14-6-4-3-5-7-14;1-4(2)3/h3-11,13H,12H2,1-2H3;4H,1-3H3. The number of benzene rings is 2. The van der Waals surface area contributed by atoms with Crippen LogP contribution in [0.25, 0.3) is 0 Å². The molecule has 0 unspecified atom stereocenters. The normalized spacial score (nSPS) is 10.3. The zero-order valence-corrected chi connectivity index (χ0v) is 13.6. The first-order chi connectivity index (χ1) is 9.49. The van der Waals surface area contributed by atoms with E-state index in [1.165, 1.54) is 16.7 Å². The summed E-state index contributed by atoms with van der Waals surface area (Å²) in [5.41, 5.74) is 4.17. The maximum atomic E-state index is 2.24. The summed E-state index contributed by atoms with van der Waals surface area (Å²) in [6, 6.07) is 19.6. The number of hydrogen-bond donors (Lipinski definition) is 0. The maximum absolute atomic E-state index is 2.24. The Balaban J connectivity index is 0.000000444. The van der Waals surface area contributed by atoms with E-state index in [0.717, 1.165) is 12.3 Å². The third-order valence-electron chi connectivity index (χ3n) is 2.90. The van der Waals surface area contributed by atoms with E-state index in [1.807, 2.05) is 0 Å². The van der Waals surface area contributed by atoms with Crippen molar-refractivity contribution in [2.75, 3.05) is 0 Å². The van der Waals surface area contributed by atoms with Gasteiger partial charge in [0.2, 0.25) is 0 Å². The average Bonchev–Trinajstić information content (AvgIpc) is 2.40. The molecule has 0 nitrogen and oxygen atoms in total. The summed E-state index contributed by atoms with van der Waals surface area (Å²) in [4.78, 5) is 0. The second-order valence-electron chi connectivity index (χ2n) is 6.29. The van der Waals surface area contributed by atoms with Crippen molar-refractivity contribution in [3.63, 3.8) is 0 Å². The van der Waals surface area contributed by atoms with Gasteiger partial charge in [0.25, 0.3) is 0 Å². The molecule has 2 aromatic rings. The van der Waals surface area contributed by atoms with Gasteiger partial charge in [-0.1, -0.05) is 89.2 Å². The third kappa shape index (κ3) is 6.56. The van der Waals surface area contributed by atoms with Gasteiger partial charge in [-0.2, -0.15) is 0 Å². The molecule has 0 aromatic heterocycles. The van der Waals surface area contributed by atoms with E-state index in [2.05, 4.69) is 89.2 Å². The van der Waals surface area contributed by atoms with E-state index >= 15 is 0 Å². The molecule has 2 aromatic carbocycles. The molecule has 0 saturated heterocycles. The van der Waals surface area contributed by atoms with E-state index in [-0.39, 0.29) is 0 Å². The molecule has 0 heterocycles. The second-order valence-corrected chi connectivity index (χ2v) is 6.29. The molecule has 0 bridgehead atoms. The van der Waals surface area contributed by atoms with Gasteiger partial charge < -0.3 is 0 Å². The van der Waals surface area contributed by atoms with Crippen LogP contribution in [0.15, 0.2) is 54.6 Å². The molecular formula is C20H28. The molecule has 0 spiro atoms. The maximum Gasteiger partial charge on any atom is -0.00258 e. The lowest BCUT2D eigenvalue weighted by atomic mass is 9.99. The van der Waals surface area contributed by atoms with Gasteiger partial charge in [0.1, 0.15) is 0 Å². The molecule has 0 N–H and O–H groups in total. The lowest BCUT2D eigenvalue weighted by Crippen LogP contribution is -1.90. The van der Waals surface area contributed by atoms with Gasteiger partial charge in [-0.25, -0.2) is 0 Å². The summed E-state index contributed by atoms with van der Waals surface area (Å²) in [7, 11) is 0. The fraction of sp³-hybridized carbons (Fsp3) is 0.400. The Kier molecular flexibility index (Phi) is 7.08. The second kappa shape index (κ2) is 8.58. The highest BCUT2D eigenvalue weighted by atomic mass is 14.0. The summed E-state index contributed by atoms with van der Waals surface area (Å²) in [5.74, 6) is 1.45. The van der Waals surface area contributed by atoms with Crippen molar-refractivity contribution in [2.45, 2.75) is 47.0 Å². The Morgan fingerprint density at radius 1 is 0.650 bits per heavy atom. The molecule has 108 valence electrons. The first-order valence-corrected chi connectivity index (χ1v) is 7.61. The molecule has 0 aliphatic carbocycles. The fourth-order valence-electron chi connectivity index (χ4n) is 1.85. The van der Waals surface area contributed by atoms with Gasteiger partial charge in [0, 0.05) is 0 Å². The quantitative estimate of drug-likeness (QED) is 0.634. The Labute approximate surface area is 124 Å². The molecular weight excluding hydrogens is 240 g/mol. The molecule has 0 fully saturated rings. The topological polar surface area (TPSA) is 0 Å². The summed E-state index contributed by atoms with van der Waals surface area (Å²) in [6.07, 6.45) is 1.03. The monoisotopic (exact) mass is 268 g/mol. The minimum atomic E-state index is 0.616. The van der Waals surface area contributed by atoms with Crippen molar-refractivity contribution >= 4 is 0 Å². The molecule has 0 saturated carbocycles. The van der Waals surface area contributed by atoms with E-state index in [9.17, 15) is 0 Å². The van der Waals surface area contributed by atoms with Crippen LogP contribution < -0.4 is 0 Å². The van der Waals surface area contributed by atoms with Crippen LogP contribution in [-0.2, 0) is 6.42 Å². The summed E-state index contributed by atoms with van der Waals surface area (Å²) < 4.78 is 0. The minimum absolute atomic E-state index is 0.616. The van der Waals surface area contributed by atoms with Gasteiger partial charge in [-0.3, -0.25) is 0 Å². The molecule has 0 atom stereocenters. The molecule has 0 aliphatic rings. The van der Waals surface area contributed by atoms with Crippen molar-refractivity contribution in [3.05, 3.63) is 71.3 Å². The minimum Gasteiger partial charge on any atom is -0.0630 e. The lowest BCUT2D eigenvalue weighted by Gasteiger charge is -2.07. The Morgan fingerprint density at radius 3 is 1.55 bits per heavy atom. The molecule has 0 aliphatic heterocycles. The molecule has 0 amide bonds. The zero-order valence-electron chi connectivity index (χ0n) is 13.6. The highest BCUT2D eigenvalue weighted by molar-refractivity contribution is 5.29. The van der Waals surface area contributed by atoms with Gasteiger partial charge >= 0.3 is 0 Å². The Morgan fingerprint density at radius 2 is 1.10 bits per heavy atom. The molecule has 2 rings (SSSR count). The van der Waals surface area contributed by atoms with Gasteiger partial charge in [0.15, 0.2) is 0 Å². The number of hydrogen-bond acceptors (Lipinski definition) is 0. The van der Waals surface area contributed by atoms with E-state index in [4.69, 9.17) is 0 Å². The van der Waals surface area contributed by atoms with Crippen molar-refractivity contribution < 1.29 is 0 Å². The van der Waals surface area contributed by atoms with Crippen molar-refractivity contribution in [1.29, 1.82) is 0 Å². The van der Waals surface area contributed by atoms with E-state index in [0.29, 0.717) is 5.92 Å². The highest BCUT2D eigenvalue weighted by Crippen LogP contribution is 2.16. The number of rotatable bonds is 3. The van der Waals surface area contributed by atoms with Crippen molar-refractivity contribution in [1.82, 2.24) is 0 Å². The molecule has 0 radical (unpaired) electrons. The first kappa shape index (κ1) is 16.5. The van der Waals surface area contributed by atoms with Crippen LogP contribution in [0.3, 0.4) is 0 Å². The predicted octanol–water partition coefficient (Wildman–Crippen LogP) is 6.06. The highest BCUT2D eigenvalue weighted by Gasteiger charge is 1.99. The zero-order chi connectivity index (χ0) is 15.0. The smallest absolute Gasteiger partial charge is 0.00258 e. The van der Waals surface area contributed by atoms with Crippen molar-refractivity contribution in [2.24, 2.45) is 5.92 Å². The van der Waals surface area contributed by atoms with Crippen LogP contribution in [0, 0.1) is 5.92 Å². The van der Waals surface area contributed by atoms with Crippen molar-refractivity contribution in [3.8, 4) is 0 Å². The lowest BCUT2D eigenvalue weighted by molar-refractivity contribution is 0.737. The molecule has 20 heavy (non-hydrogen) atoms. The Bertz CT molecular complexity index is 460. The SMILES string of the molecule is CC(C)C.CC(C)c1ccc(Cc2ccccc2)cc1. The van der Waals surface area contributed by atoms with Gasteiger partial charge in [-0.15, -0.1) is 0 Å². The van der Waals surface area contributed by atoms with Crippen LogP contribution in [0.1, 0.15) is 57.2 Å². The summed E-state index contributed by atoms with van der Waals surface area (Å²) in [5, 5.41) is 0. The summed E-state index contributed by atoms with van der Waals surface area (Å²) >= 11 is 0. The largest absolute Gasteiger partial charge is 0.0630 e. The van der Waals surface area contributed by atoms with Crippen LogP contribution in [0.2, 0.25) is 0 Å². The van der Waals surface area contributed by atoms with Crippen LogP contribution in [-0.4, -0.2) is 0 Å². The van der Waals surface area contributed by atoms with Crippen LogP contribution >= 0.6 is 0 Å².